The number of piperidine rings is 1. The van der Waals surface area contributed by atoms with Crippen molar-refractivity contribution in [1.29, 1.82) is 0 Å². The fourth-order valence-electron chi connectivity index (χ4n) is 31.8. The van der Waals surface area contributed by atoms with Crippen molar-refractivity contribution in [1.82, 2.24) is 4.90 Å². The Kier molecular flexibility index (Phi) is 22.2. The molecule has 17 aliphatic rings. The second-order valence-corrected chi connectivity index (χ2v) is 43.0. The van der Waals surface area contributed by atoms with Crippen molar-refractivity contribution < 1.29 is 44.7 Å². The maximum absolute atomic E-state index is 13.4. The van der Waals surface area contributed by atoms with Gasteiger partial charge in [-0.05, 0) is 399 Å². The zero-order valence-corrected chi connectivity index (χ0v) is 67.7. The predicted octanol–water partition coefficient (Wildman–Crippen LogP) is 18.7. The van der Waals surface area contributed by atoms with Crippen LogP contribution in [0.2, 0.25) is 0 Å². The van der Waals surface area contributed by atoms with Crippen LogP contribution in [0.1, 0.15) is 293 Å². The molecule has 0 aromatic heterocycles. The Bertz CT molecular complexity index is 3070. The molecule has 0 aromatic rings. The Hall–Kier alpha value is -1.86. The second-order valence-electron chi connectivity index (χ2n) is 42.5. The van der Waals surface area contributed by atoms with Crippen molar-refractivity contribution in [2.75, 3.05) is 31.6 Å². The third kappa shape index (κ3) is 14.4. The smallest absolute Gasteiger partial charge is 0.150 e. The maximum atomic E-state index is 13.4. The van der Waals surface area contributed by atoms with Gasteiger partial charge in [-0.1, -0.05) is 80.9 Å². The second kappa shape index (κ2) is 29.3. The van der Waals surface area contributed by atoms with Gasteiger partial charge in [0.15, 0.2) is 0 Å². The Balaban J connectivity index is 0.000000116. The molecule has 1 heterocycles. The number of halogens is 1. The molecule has 5 N–H and O–H groups in total. The van der Waals surface area contributed by atoms with E-state index in [0.717, 1.165) is 150 Å². The van der Waals surface area contributed by atoms with Crippen LogP contribution in [-0.4, -0.2) is 108 Å². The van der Waals surface area contributed by atoms with Crippen LogP contribution in [0.5, 0.6) is 0 Å². The third-order valence-electron chi connectivity index (χ3n) is 36.7. The number of rotatable bonds is 8. The molecule has 16 saturated carbocycles. The lowest BCUT2D eigenvalue weighted by molar-refractivity contribution is -0.149. The zero-order chi connectivity index (χ0) is 73.5. The van der Waals surface area contributed by atoms with Crippen molar-refractivity contribution in [3.05, 3.63) is 36.5 Å². The fraction of sp³-hybridized carbons (Fsp3) is 0.891. The summed E-state index contributed by atoms with van der Waals surface area (Å²) in [6, 6.07) is 0. The molecule has 32 atom stereocenters. The Morgan fingerprint density at radius 1 is 0.398 bits per heavy atom. The Morgan fingerprint density at radius 2 is 0.738 bits per heavy atom. The summed E-state index contributed by atoms with van der Waals surface area (Å²) in [5, 5.41) is 52.5. The number of alkyl halides is 1. The first-order valence-corrected chi connectivity index (χ1v) is 44.7. The molecule has 17 fully saturated rings. The first-order valence-electron chi connectivity index (χ1n) is 43.5. The van der Waals surface area contributed by atoms with Crippen LogP contribution >= 0.6 is 15.9 Å². The van der Waals surface area contributed by atoms with Crippen molar-refractivity contribution in [3.63, 3.8) is 0 Å². The minimum atomic E-state index is -0.649. The van der Waals surface area contributed by atoms with Gasteiger partial charge in [-0.25, -0.2) is 0 Å². The number of nitrogens with zero attached hydrogens (tertiary/aromatic N) is 1. The predicted molar refractivity (Wildman–Crippen MR) is 415 cm³/mol. The highest BCUT2D eigenvalue weighted by Crippen LogP contribution is 2.70. The van der Waals surface area contributed by atoms with Crippen LogP contribution < -0.4 is 0 Å². The number of ketones is 4. The summed E-state index contributed by atoms with van der Waals surface area (Å²) in [7, 11) is 0. The minimum absolute atomic E-state index is 0.0963. The summed E-state index contributed by atoms with van der Waals surface area (Å²) >= 11 is 3.62. The van der Waals surface area contributed by atoms with Crippen LogP contribution in [0.15, 0.2) is 36.5 Å². The van der Waals surface area contributed by atoms with Crippen LogP contribution in [-0.2, 0) is 19.2 Å². The molecule has 16 aliphatic carbocycles. The number of fused-ring (bicyclic) bond motifs is 20. The van der Waals surface area contributed by atoms with Gasteiger partial charge in [0.25, 0.3) is 0 Å². The highest BCUT2D eigenvalue weighted by atomic mass is 79.9. The van der Waals surface area contributed by atoms with Crippen molar-refractivity contribution in [2.45, 2.75) is 316 Å². The molecule has 0 spiro atoms. The van der Waals surface area contributed by atoms with Crippen LogP contribution in [0.3, 0.4) is 0 Å². The summed E-state index contributed by atoms with van der Waals surface area (Å²) in [4.78, 5) is 54.7. The quantitative estimate of drug-likeness (QED) is 0.116. The van der Waals surface area contributed by atoms with E-state index in [1.54, 1.807) is 0 Å². The maximum Gasteiger partial charge on any atom is 0.150 e. The summed E-state index contributed by atoms with van der Waals surface area (Å²) in [5.41, 5.74) is 2.60. The van der Waals surface area contributed by atoms with Crippen LogP contribution in [0.25, 0.3) is 0 Å². The molecule has 10 nitrogen and oxygen atoms in total. The van der Waals surface area contributed by atoms with Crippen molar-refractivity contribution >= 4 is 39.1 Å². The molecule has 1 aliphatic heterocycles. The number of hydrogen-bond acceptors (Lipinski definition) is 10. The van der Waals surface area contributed by atoms with E-state index in [4.69, 9.17) is 0 Å². The molecule has 0 aromatic carbocycles. The summed E-state index contributed by atoms with van der Waals surface area (Å²) < 4.78 is 0. The van der Waals surface area contributed by atoms with Gasteiger partial charge in [-0.15, -0.1) is 0 Å². The lowest BCUT2D eigenvalue weighted by atomic mass is 9.48. The zero-order valence-electron chi connectivity index (χ0n) is 66.2. The summed E-state index contributed by atoms with van der Waals surface area (Å²) in [6.07, 6.45) is 39.9. The standard InChI is InChI=1S/C26H43NO2.C22H33BrO2.C22H34O3.C22H34O2/c1-25(29)12-10-19-18(16-25)6-7-21-20(19)11-13-26(2)22(21)8-9-23(26)24(28)17-27-14-4-3-5-15-27;2*1-13(12-23)18-4-5-19-16-10-20(24)17-11-21(2,25)8-6-15(17)14(16)7-9-22(18,19)3;1-13(2)18-5-6-19-16-11-20(23)17-12-21(3,24)9-7-15(17)14(16)8-10-22(18,19)4/h18-23,29H,3-17H2,1-2H3;14-19,25H,1,4-12H2,2-3H3;14-19,23,25H,1,4-12H2,2-3H3;14-19,24H,1,5-12H2,2-4H3/t18-,19-,20+,21+,22-,23+,25-,26-;3*14-,15-,16-,17+,18-,19+,21+,22-/m0111/s1. The van der Waals surface area contributed by atoms with E-state index in [1.807, 2.05) is 20.8 Å². The highest BCUT2D eigenvalue weighted by molar-refractivity contribution is 9.09. The van der Waals surface area contributed by atoms with E-state index >= 15 is 0 Å². The number of carbonyl (C=O) groups excluding carboxylic acids is 4. The monoisotopic (exact) mass is 1490 g/mol. The average molecular weight is 1490 g/mol. The first-order chi connectivity index (χ1) is 48.6. The third-order valence-corrected chi connectivity index (χ3v) is 37.4. The lowest BCUT2D eigenvalue weighted by Crippen LogP contribution is -2.53. The molecule has 0 amide bonds. The van der Waals surface area contributed by atoms with Crippen molar-refractivity contribution in [2.24, 2.45) is 164 Å². The number of likely N-dealkylation sites (tertiary alicyclic amines) is 1. The molecule has 11 heteroatoms. The summed E-state index contributed by atoms with van der Waals surface area (Å²) in [6.45, 7) is 35.8. The number of carbonyl (C=O) groups is 4. The Morgan fingerprint density at radius 3 is 1.15 bits per heavy atom. The van der Waals surface area contributed by atoms with Crippen LogP contribution in [0, 0.1) is 164 Å². The molecule has 578 valence electrons. The highest BCUT2D eigenvalue weighted by Gasteiger charge is 2.65. The van der Waals surface area contributed by atoms with Gasteiger partial charge in [0.05, 0.1) is 35.6 Å². The number of aliphatic hydroxyl groups is 5. The minimum Gasteiger partial charge on any atom is -0.392 e. The lowest BCUT2D eigenvalue weighted by Gasteiger charge is -2.57. The van der Waals surface area contributed by atoms with E-state index < -0.39 is 22.4 Å². The normalized spacial score (nSPS) is 52.1. The number of aliphatic hydroxyl groups excluding tert-OH is 1. The molecule has 17 rings (SSSR count). The largest absolute Gasteiger partial charge is 0.392 e. The molecule has 103 heavy (non-hydrogen) atoms. The topological polar surface area (TPSA) is 173 Å². The SMILES string of the molecule is C=C(C)[C@H]1CC[C@H]2[C@@H]3CC(=O)[C@H]4C[C@@](C)(O)CC[C@@H]4[C@H]3CC[C@]12C.C=C(CBr)[C@H]1CC[C@H]2[C@@H]3CC(=O)[C@H]4C[C@@](C)(O)CC[C@@H]4[C@H]3CC[C@]12C.C=C(CO)[C@H]1CC[C@H]2[C@@H]3CC(=O)[C@H]4C[C@@](C)(O)CC[C@@H]4[C@H]3CC[C@]12C.C[C@]1(O)CC[C@H]2[C@@H](CC[C@@H]3[C@@H]2CC[C@]2(C)[C@@H](C(=O)CN4CCCCC4)CC[C@@H]32)C1. The van der Waals surface area contributed by atoms with Gasteiger partial charge in [0.1, 0.15) is 23.1 Å². The van der Waals surface area contributed by atoms with Gasteiger partial charge < -0.3 is 25.5 Å². The number of Topliss-reactive ketones (excluding diaryl/α,β-unsaturated/α-hetero) is 4. The first kappa shape index (κ1) is 77.9. The molecule has 1 saturated heterocycles. The van der Waals surface area contributed by atoms with Gasteiger partial charge >= 0.3 is 0 Å². The number of allylic oxidation sites excluding steroid dienone is 2. The van der Waals surface area contributed by atoms with E-state index in [2.05, 4.69) is 82.1 Å². The van der Waals surface area contributed by atoms with E-state index in [9.17, 15) is 44.7 Å². The fourth-order valence-corrected chi connectivity index (χ4v) is 32.2. The van der Waals surface area contributed by atoms with Crippen molar-refractivity contribution in [3.8, 4) is 0 Å². The van der Waals surface area contributed by atoms with E-state index in [-0.39, 0.29) is 35.2 Å². The van der Waals surface area contributed by atoms with E-state index in [1.165, 1.54) is 140 Å². The Labute approximate surface area is 632 Å². The molecule has 0 unspecified atom stereocenters. The molecule has 0 bridgehead atoms. The van der Waals surface area contributed by atoms with Crippen LogP contribution in [0.4, 0.5) is 0 Å². The molecule has 0 radical (unpaired) electrons. The van der Waals surface area contributed by atoms with E-state index in [0.29, 0.717) is 142 Å². The summed E-state index contributed by atoms with van der Waals surface area (Å²) in [5.74, 6) is 15.8. The van der Waals surface area contributed by atoms with Gasteiger partial charge in [-0.3, -0.25) is 24.1 Å². The molecular formula is C92H144BrNO9. The van der Waals surface area contributed by atoms with Gasteiger partial charge in [0.2, 0.25) is 0 Å². The average Bonchev–Trinajstić information content (AvgIpc) is 1.69. The van der Waals surface area contributed by atoms with Gasteiger partial charge in [-0.2, -0.15) is 0 Å². The molecular weight excluding hydrogens is 1340 g/mol. The number of hydrogen-bond donors (Lipinski definition) is 5. The van der Waals surface area contributed by atoms with Gasteiger partial charge in [0, 0.05) is 48.3 Å².